The highest BCUT2D eigenvalue weighted by atomic mass is 16.2. The van der Waals surface area contributed by atoms with E-state index in [0.717, 1.165) is 12.2 Å². The molecule has 0 aromatic heterocycles. The topological polar surface area (TPSA) is 50.6 Å². The minimum atomic E-state index is -0.283. The van der Waals surface area contributed by atoms with Crippen LogP contribution in [0.15, 0.2) is 54.6 Å². The molecular formula is C21H24N4O. The third-order valence-electron chi connectivity index (χ3n) is 4.79. The van der Waals surface area contributed by atoms with Crippen molar-refractivity contribution in [2.45, 2.75) is 12.6 Å². The standard InChI is InChI=1S/C21H24N4O/c1-23(2)19-10-8-18(9-11-19)21(26)25-13-12-24(20(14-22)16-25)15-17-6-4-3-5-7-17/h3-11,20H,12-13,15-16H2,1-2H3. The molecule has 0 bridgehead atoms. The van der Waals surface area contributed by atoms with Crippen LogP contribution in [0, 0.1) is 11.3 Å². The maximum absolute atomic E-state index is 12.8. The SMILES string of the molecule is CN(C)c1ccc(C(=O)N2CCN(Cc3ccccc3)C(C#N)C2)cc1. The zero-order valence-corrected chi connectivity index (χ0v) is 15.3. The lowest BCUT2D eigenvalue weighted by Gasteiger charge is -2.38. The fourth-order valence-corrected chi connectivity index (χ4v) is 3.22. The second-order valence-electron chi connectivity index (χ2n) is 6.79. The highest BCUT2D eigenvalue weighted by molar-refractivity contribution is 5.94. The quantitative estimate of drug-likeness (QED) is 0.852. The van der Waals surface area contributed by atoms with E-state index in [2.05, 4.69) is 23.1 Å². The van der Waals surface area contributed by atoms with E-state index in [9.17, 15) is 10.1 Å². The van der Waals surface area contributed by atoms with Crippen LogP contribution in [-0.2, 0) is 6.54 Å². The van der Waals surface area contributed by atoms with Gasteiger partial charge in [-0.2, -0.15) is 5.26 Å². The van der Waals surface area contributed by atoms with Gasteiger partial charge in [0, 0.05) is 51.5 Å². The smallest absolute Gasteiger partial charge is 0.253 e. The molecule has 1 heterocycles. The molecule has 5 nitrogen and oxygen atoms in total. The van der Waals surface area contributed by atoms with Gasteiger partial charge in [0.2, 0.25) is 0 Å². The summed E-state index contributed by atoms with van der Waals surface area (Å²) in [5, 5.41) is 9.57. The van der Waals surface area contributed by atoms with Gasteiger partial charge in [-0.15, -0.1) is 0 Å². The van der Waals surface area contributed by atoms with Gasteiger partial charge in [0.25, 0.3) is 5.91 Å². The third kappa shape index (κ3) is 4.04. The first-order chi connectivity index (χ1) is 12.6. The van der Waals surface area contributed by atoms with Crippen LogP contribution in [0.3, 0.4) is 0 Å². The number of nitriles is 1. The van der Waals surface area contributed by atoms with E-state index in [0.29, 0.717) is 25.2 Å². The molecule has 1 aliphatic rings. The molecule has 134 valence electrons. The number of carbonyl (C=O) groups is 1. The third-order valence-corrected chi connectivity index (χ3v) is 4.79. The van der Waals surface area contributed by atoms with Crippen LogP contribution in [-0.4, -0.2) is 55.5 Å². The number of hydrogen-bond acceptors (Lipinski definition) is 4. The van der Waals surface area contributed by atoms with Crippen molar-refractivity contribution in [2.75, 3.05) is 38.6 Å². The first kappa shape index (κ1) is 18.0. The summed E-state index contributed by atoms with van der Waals surface area (Å²) in [7, 11) is 3.95. The maximum atomic E-state index is 12.8. The molecular weight excluding hydrogens is 324 g/mol. The number of rotatable bonds is 4. The van der Waals surface area contributed by atoms with Gasteiger partial charge >= 0.3 is 0 Å². The second kappa shape index (κ2) is 8.03. The van der Waals surface area contributed by atoms with Crippen molar-refractivity contribution in [1.29, 1.82) is 5.26 Å². The molecule has 1 fully saturated rings. The molecule has 1 amide bonds. The molecule has 0 aliphatic carbocycles. The van der Waals surface area contributed by atoms with E-state index < -0.39 is 0 Å². The van der Waals surface area contributed by atoms with Crippen molar-refractivity contribution in [3.8, 4) is 6.07 Å². The minimum absolute atomic E-state index is 0.00471. The Kier molecular flexibility index (Phi) is 5.55. The summed E-state index contributed by atoms with van der Waals surface area (Å²) in [5.41, 5.74) is 2.92. The van der Waals surface area contributed by atoms with Crippen molar-refractivity contribution in [1.82, 2.24) is 9.80 Å². The molecule has 3 rings (SSSR count). The number of benzene rings is 2. The molecule has 1 saturated heterocycles. The maximum Gasteiger partial charge on any atom is 0.253 e. The van der Waals surface area contributed by atoms with Gasteiger partial charge < -0.3 is 9.80 Å². The van der Waals surface area contributed by atoms with Gasteiger partial charge in [-0.1, -0.05) is 30.3 Å². The number of carbonyl (C=O) groups excluding carboxylic acids is 1. The number of hydrogen-bond donors (Lipinski definition) is 0. The van der Waals surface area contributed by atoms with Crippen molar-refractivity contribution in [2.24, 2.45) is 0 Å². The molecule has 0 saturated carbocycles. The van der Waals surface area contributed by atoms with E-state index in [1.165, 1.54) is 5.56 Å². The van der Waals surface area contributed by atoms with Crippen LogP contribution >= 0.6 is 0 Å². The Bertz CT molecular complexity index is 780. The molecule has 1 aliphatic heterocycles. The first-order valence-electron chi connectivity index (χ1n) is 8.83. The summed E-state index contributed by atoms with van der Waals surface area (Å²) in [4.78, 5) is 18.7. The number of amides is 1. The highest BCUT2D eigenvalue weighted by Crippen LogP contribution is 2.18. The van der Waals surface area contributed by atoms with Gasteiger partial charge in [0.1, 0.15) is 6.04 Å². The molecule has 0 spiro atoms. The van der Waals surface area contributed by atoms with E-state index in [-0.39, 0.29) is 11.9 Å². The Balaban J connectivity index is 1.66. The van der Waals surface area contributed by atoms with Crippen molar-refractivity contribution >= 4 is 11.6 Å². The average Bonchev–Trinajstić information content (AvgIpc) is 2.68. The van der Waals surface area contributed by atoms with Gasteiger partial charge in [-0.25, -0.2) is 0 Å². The Hall–Kier alpha value is -2.84. The summed E-state index contributed by atoms with van der Waals surface area (Å²) in [6, 6.07) is 19.8. The molecule has 2 aromatic carbocycles. The largest absolute Gasteiger partial charge is 0.378 e. The summed E-state index contributed by atoms with van der Waals surface area (Å²) < 4.78 is 0. The molecule has 1 atom stereocenters. The predicted molar refractivity (Wildman–Crippen MR) is 103 cm³/mol. The van der Waals surface area contributed by atoms with Crippen LogP contribution in [0.5, 0.6) is 0 Å². The molecule has 2 aromatic rings. The lowest BCUT2D eigenvalue weighted by molar-refractivity contribution is 0.0552. The van der Waals surface area contributed by atoms with Crippen LogP contribution in [0.4, 0.5) is 5.69 Å². The Labute approximate surface area is 155 Å². The normalized spacial score (nSPS) is 17.6. The molecule has 5 heteroatoms. The summed E-state index contributed by atoms with van der Waals surface area (Å²) >= 11 is 0. The lowest BCUT2D eigenvalue weighted by Crippen LogP contribution is -2.53. The Morgan fingerprint density at radius 3 is 2.42 bits per heavy atom. The van der Waals surface area contributed by atoms with Crippen LogP contribution in [0.1, 0.15) is 15.9 Å². The van der Waals surface area contributed by atoms with Crippen LogP contribution in [0.25, 0.3) is 0 Å². The Morgan fingerprint density at radius 1 is 1.12 bits per heavy atom. The van der Waals surface area contributed by atoms with Gasteiger partial charge in [-0.3, -0.25) is 9.69 Å². The molecule has 0 N–H and O–H groups in total. The first-order valence-corrected chi connectivity index (χ1v) is 8.83. The monoisotopic (exact) mass is 348 g/mol. The predicted octanol–water partition coefficient (Wildman–Crippen LogP) is 2.60. The summed E-state index contributed by atoms with van der Waals surface area (Å²) in [6.07, 6.45) is 0. The van der Waals surface area contributed by atoms with E-state index >= 15 is 0 Å². The minimum Gasteiger partial charge on any atom is -0.378 e. The van der Waals surface area contributed by atoms with Gasteiger partial charge in [-0.05, 0) is 29.8 Å². The zero-order valence-electron chi connectivity index (χ0n) is 15.3. The number of piperazine rings is 1. The van der Waals surface area contributed by atoms with E-state index in [1.807, 2.05) is 61.5 Å². The second-order valence-corrected chi connectivity index (χ2v) is 6.79. The molecule has 0 radical (unpaired) electrons. The average molecular weight is 348 g/mol. The number of anilines is 1. The van der Waals surface area contributed by atoms with Gasteiger partial charge in [0.05, 0.1) is 6.07 Å². The van der Waals surface area contributed by atoms with Crippen LogP contribution in [0.2, 0.25) is 0 Å². The lowest BCUT2D eigenvalue weighted by atomic mass is 10.1. The van der Waals surface area contributed by atoms with Gasteiger partial charge in [0.15, 0.2) is 0 Å². The fourth-order valence-electron chi connectivity index (χ4n) is 3.22. The van der Waals surface area contributed by atoms with Crippen molar-refractivity contribution in [3.63, 3.8) is 0 Å². The summed E-state index contributed by atoms with van der Waals surface area (Å²) in [6.45, 7) is 2.52. The number of nitrogens with zero attached hydrogens (tertiary/aromatic N) is 4. The molecule has 26 heavy (non-hydrogen) atoms. The molecule has 1 unspecified atom stereocenters. The fraction of sp³-hybridized carbons (Fsp3) is 0.333. The van der Waals surface area contributed by atoms with E-state index in [1.54, 1.807) is 4.90 Å². The highest BCUT2D eigenvalue weighted by Gasteiger charge is 2.30. The van der Waals surface area contributed by atoms with E-state index in [4.69, 9.17) is 0 Å². The Morgan fingerprint density at radius 2 is 1.81 bits per heavy atom. The van der Waals surface area contributed by atoms with Crippen molar-refractivity contribution < 1.29 is 4.79 Å². The van der Waals surface area contributed by atoms with Crippen LogP contribution < -0.4 is 4.90 Å². The zero-order chi connectivity index (χ0) is 18.5. The summed E-state index contributed by atoms with van der Waals surface area (Å²) in [5.74, 6) is -0.00471. The van der Waals surface area contributed by atoms with Crippen molar-refractivity contribution in [3.05, 3.63) is 65.7 Å².